The van der Waals surface area contributed by atoms with Gasteiger partial charge in [0.15, 0.2) is 0 Å². The first-order valence-electron chi connectivity index (χ1n) is 8.40. The molecule has 128 valence electrons. The van der Waals surface area contributed by atoms with Crippen molar-refractivity contribution >= 4 is 6.03 Å². The van der Waals surface area contributed by atoms with E-state index in [1.54, 1.807) is 6.92 Å². The number of carbonyl (C=O) groups excluding carboxylic acids is 1. The number of urea groups is 1. The molecule has 0 saturated heterocycles. The largest absolute Gasteiger partial charge is 0.393 e. The maximum absolute atomic E-state index is 12.1. The molecule has 3 N–H and O–H groups in total. The van der Waals surface area contributed by atoms with E-state index >= 15 is 0 Å². The van der Waals surface area contributed by atoms with E-state index in [4.69, 9.17) is 0 Å². The van der Waals surface area contributed by atoms with E-state index < -0.39 is 6.10 Å². The van der Waals surface area contributed by atoms with Gasteiger partial charge in [-0.2, -0.15) is 0 Å². The highest BCUT2D eigenvalue weighted by Crippen LogP contribution is 2.27. The number of carbonyl (C=O) groups is 1. The van der Waals surface area contributed by atoms with Crippen LogP contribution in [-0.4, -0.2) is 29.8 Å². The second kappa shape index (κ2) is 9.08. The van der Waals surface area contributed by atoms with Crippen LogP contribution in [0.2, 0.25) is 0 Å². The normalized spacial score (nSPS) is 13.3. The fourth-order valence-corrected chi connectivity index (χ4v) is 2.83. The first-order valence-corrected chi connectivity index (χ1v) is 8.40. The summed E-state index contributed by atoms with van der Waals surface area (Å²) in [6, 6.07) is 20.1. The third-order valence-electron chi connectivity index (χ3n) is 4.02. The molecule has 0 aromatic heterocycles. The minimum Gasteiger partial charge on any atom is -0.393 e. The Balaban J connectivity index is 2.08. The molecule has 4 heteroatoms. The highest BCUT2D eigenvalue weighted by Gasteiger charge is 2.22. The van der Waals surface area contributed by atoms with Crippen molar-refractivity contribution in [3.05, 3.63) is 71.8 Å². The van der Waals surface area contributed by atoms with Crippen LogP contribution >= 0.6 is 0 Å². The van der Waals surface area contributed by atoms with Crippen LogP contribution in [0.4, 0.5) is 4.79 Å². The number of nitrogens with one attached hydrogen (secondary N) is 2. The molecule has 4 nitrogen and oxygen atoms in total. The van der Waals surface area contributed by atoms with Gasteiger partial charge < -0.3 is 15.7 Å². The summed E-state index contributed by atoms with van der Waals surface area (Å²) in [4.78, 5) is 12.1. The van der Waals surface area contributed by atoms with Crippen molar-refractivity contribution in [2.45, 2.75) is 38.3 Å². The van der Waals surface area contributed by atoms with Gasteiger partial charge in [0, 0.05) is 18.5 Å². The quantitative estimate of drug-likeness (QED) is 0.731. The molecule has 0 aliphatic heterocycles. The second-order valence-corrected chi connectivity index (χ2v) is 6.13. The number of benzene rings is 2. The number of hydrogen-bond acceptors (Lipinski definition) is 2. The summed E-state index contributed by atoms with van der Waals surface area (Å²) < 4.78 is 0. The minimum atomic E-state index is -0.413. The zero-order chi connectivity index (χ0) is 17.4. The third kappa shape index (κ3) is 5.39. The van der Waals surface area contributed by atoms with E-state index in [0.717, 1.165) is 0 Å². The highest BCUT2D eigenvalue weighted by molar-refractivity contribution is 5.74. The van der Waals surface area contributed by atoms with Crippen LogP contribution < -0.4 is 10.6 Å². The Morgan fingerprint density at radius 3 is 1.92 bits per heavy atom. The topological polar surface area (TPSA) is 61.4 Å². The van der Waals surface area contributed by atoms with Gasteiger partial charge >= 0.3 is 6.03 Å². The van der Waals surface area contributed by atoms with Crippen molar-refractivity contribution in [2.75, 3.05) is 6.54 Å². The average molecular weight is 326 g/mol. The standard InChI is InChI=1S/C20H26N2O2/c1-15(23)13-14-21-20(24)22-16(2)19(17-9-5-3-6-10-17)18-11-7-4-8-12-18/h3-12,15-16,19,23H,13-14H2,1-2H3,(H2,21,22,24). The monoisotopic (exact) mass is 326 g/mol. The van der Waals surface area contributed by atoms with E-state index in [2.05, 4.69) is 34.9 Å². The molecule has 2 unspecified atom stereocenters. The van der Waals surface area contributed by atoms with Crippen molar-refractivity contribution in [1.82, 2.24) is 10.6 Å². The number of rotatable bonds is 7. The molecule has 0 radical (unpaired) electrons. The highest BCUT2D eigenvalue weighted by atomic mass is 16.3. The molecule has 0 bridgehead atoms. The van der Waals surface area contributed by atoms with E-state index in [9.17, 15) is 9.90 Å². The Bertz CT molecular complexity index is 575. The molecule has 0 spiro atoms. The lowest BCUT2D eigenvalue weighted by atomic mass is 9.86. The van der Waals surface area contributed by atoms with Crippen LogP contribution in [0.15, 0.2) is 60.7 Å². The van der Waals surface area contributed by atoms with Gasteiger partial charge in [-0.1, -0.05) is 60.7 Å². The Labute approximate surface area is 143 Å². The van der Waals surface area contributed by atoms with E-state index in [0.29, 0.717) is 13.0 Å². The van der Waals surface area contributed by atoms with Crippen molar-refractivity contribution < 1.29 is 9.90 Å². The number of amides is 2. The zero-order valence-corrected chi connectivity index (χ0v) is 14.3. The Morgan fingerprint density at radius 1 is 0.958 bits per heavy atom. The van der Waals surface area contributed by atoms with Crippen LogP contribution in [-0.2, 0) is 0 Å². The first kappa shape index (κ1) is 18.0. The molecule has 2 aromatic carbocycles. The lowest BCUT2D eigenvalue weighted by Crippen LogP contribution is -2.44. The molecule has 2 aromatic rings. The number of aliphatic hydroxyl groups is 1. The summed E-state index contributed by atoms with van der Waals surface area (Å²) in [5, 5.41) is 15.1. The molecule has 0 aliphatic carbocycles. The first-order chi connectivity index (χ1) is 11.6. The number of hydrogen-bond donors (Lipinski definition) is 3. The van der Waals surface area contributed by atoms with Crippen molar-refractivity contribution in [1.29, 1.82) is 0 Å². The second-order valence-electron chi connectivity index (χ2n) is 6.13. The van der Waals surface area contributed by atoms with Crippen LogP contribution in [0.1, 0.15) is 37.3 Å². The molecule has 0 heterocycles. The fraction of sp³-hybridized carbons (Fsp3) is 0.350. The van der Waals surface area contributed by atoms with Gasteiger partial charge in [-0.05, 0) is 31.4 Å². The van der Waals surface area contributed by atoms with Gasteiger partial charge in [0.2, 0.25) is 0 Å². The van der Waals surface area contributed by atoms with Crippen molar-refractivity contribution in [3.8, 4) is 0 Å². The van der Waals surface area contributed by atoms with Crippen LogP contribution in [0.3, 0.4) is 0 Å². The van der Waals surface area contributed by atoms with Gasteiger partial charge in [-0.25, -0.2) is 4.79 Å². The van der Waals surface area contributed by atoms with Gasteiger partial charge in [-0.15, -0.1) is 0 Å². The maximum atomic E-state index is 12.1. The molecule has 2 atom stereocenters. The van der Waals surface area contributed by atoms with Gasteiger partial charge in [-0.3, -0.25) is 0 Å². The Hall–Kier alpha value is -2.33. The maximum Gasteiger partial charge on any atom is 0.315 e. The van der Waals surface area contributed by atoms with E-state index in [1.807, 2.05) is 43.3 Å². The molecule has 0 fully saturated rings. The lowest BCUT2D eigenvalue weighted by Gasteiger charge is -2.26. The summed E-state index contributed by atoms with van der Waals surface area (Å²) >= 11 is 0. The molecule has 0 aliphatic rings. The molecule has 0 saturated carbocycles. The molecule has 2 rings (SSSR count). The third-order valence-corrected chi connectivity index (χ3v) is 4.02. The van der Waals surface area contributed by atoms with Crippen molar-refractivity contribution in [3.63, 3.8) is 0 Å². The van der Waals surface area contributed by atoms with E-state index in [-0.39, 0.29) is 18.0 Å². The summed E-state index contributed by atoms with van der Waals surface area (Å²) in [5.41, 5.74) is 2.33. The summed E-state index contributed by atoms with van der Waals surface area (Å²) in [6.45, 7) is 4.18. The van der Waals surface area contributed by atoms with Gasteiger partial charge in [0.25, 0.3) is 0 Å². The Kier molecular flexibility index (Phi) is 6.82. The minimum absolute atomic E-state index is 0.0682. The molecule has 2 amide bonds. The summed E-state index contributed by atoms with van der Waals surface area (Å²) in [6.07, 6.45) is 0.131. The van der Waals surface area contributed by atoms with Gasteiger partial charge in [0.05, 0.1) is 6.10 Å². The summed E-state index contributed by atoms with van der Waals surface area (Å²) in [5.74, 6) is 0.0786. The molecular weight excluding hydrogens is 300 g/mol. The summed E-state index contributed by atoms with van der Waals surface area (Å²) in [7, 11) is 0. The predicted octanol–water partition coefficient (Wildman–Crippen LogP) is 3.28. The number of aliphatic hydroxyl groups excluding tert-OH is 1. The van der Waals surface area contributed by atoms with Crippen molar-refractivity contribution in [2.24, 2.45) is 0 Å². The molecule has 24 heavy (non-hydrogen) atoms. The Morgan fingerprint density at radius 2 is 1.46 bits per heavy atom. The van der Waals surface area contributed by atoms with Crippen LogP contribution in [0.25, 0.3) is 0 Å². The van der Waals surface area contributed by atoms with Crippen LogP contribution in [0, 0.1) is 0 Å². The molecular formula is C20H26N2O2. The van der Waals surface area contributed by atoms with Crippen LogP contribution in [0.5, 0.6) is 0 Å². The van der Waals surface area contributed by atoms with E-state index in [1.165, 1.54) is 11.1 Å². The van der Waals surface area contributed by atoms with Gasteiger partial charge in [0.1, 0.15) is 0 Å². The lowest BCUT2D eigenvalue weighted by molar-refractivity contribution is 0.183. The zero-order valence-electron chi connectivity index (χ0n) is 14.3. The predicted molar refractivity (Wildman–Crippen MR) is 97.0 cm³/mol. The average Bonchev–Trinajstić information content (AvgIpc) is 2.56. The smallest absolute Gasteiger partial charge is 0.315 e. The fourth-order valence-electron chi connectivity index (χ4n) is 2.83. The SMILES string of the molecule is CC(O)CCNC(=O)NC(C)C(c1ccccc1)c1ccccc1.